The molecule has 0 fully saturated rings. The van der Waals surface area contributed by atoms with Gasteiger partial charge in [-0.25, -0.2) is 0 Å². The van der Waals surface area contributed by atoms with Crippen molar-refractivity contribution in [2.75, 3.05) is 11.9 Å². The van der Waals surface area contributed by atoms with E-state index < -0.39 is 0 Å². The fourth-order valence-corrected chi connectivity index (χ4v) is 1.83. The smallest absolute Gasteiger partial charge is 0.870 e. The molecule has 0 aliphatic rings. The van der Waals surface area contributed by atoms with E-state index in [2.05, 4.69) is 4.98 Å². The van der Waals surface area contributed by atoms with E-state index in [0.29, 0.717) is 5.56 Å². The van der Waals surface area contributed by atoms with Crippen molar-refractivity contribution in [2.45, 2.75) is 0 Å². The van der Waals surface area contributed by atoms with E-state index >= 15 is 0 Å². The molecule has 0 spiro atoms. The summed E-state index contributed by atoms with van der Waals surface area (Å²) in [7, 11) is 1.76. The molecule has 0 bridgehead atoms. The van der Waals surface area contributed by atoms with Crippen LogP contribution < -0.4 is 9.30 Å². The summed E-state index contributed by atoms with van der Waals surface area (Å²) in [6.45, 7) is 0. The summed E-state index contributed by atoms with van der Waals surface area (Å²) in [4.78, 5) is 17.7. The number of pyridine rings is 1. The molecule has 1 amide bonds. The number of hydrogen-bond acceptors (Lipinski definition) is 5. The number of hydrogen-bond donors (Lipinski definition) is 0. The van der Waals surface area contributed by atoms with Crippen molar-refractivity contribution >= 4 is 32.5 Å². The molecule has 0 saturated heterocycles. The fourth-order valence-electron chi connectivity index (χ4n) is 1.49. The molecule has 0 aliphatic carbocycles. The van der Waals surface area contributed by atoms with E-state index in [1.165, 1.54) is 4.40 Å². The number of carbonyl (C=O) groups is 1. The zero-order chi connectivity index (χ0) is 12.3. The molecule has 0 radical (unpaired) electrons. The van der Waals surface area contributed by atoms with E-state index in [4.69, 9.17) is 0 Å². The Hall–Kier alpha value is -1.74. The van der Waals surface area contributed by atoms with Gasteiger partial charge in [-0.05, 0) is 0 Å². The molecule has 2 rings (SSSR count). The van der Waals surface area contributed by atoms with Crippen molar-refractivity contribution < 1.29 is 21.2 Å². The van der Waals surface area contributed by atoms with Gasteiger partial charge in [0.25, 0.3) is 0 Å². The first-order valence-electron chi connectivity index (χ1n) is 5.18. The van der Waals surface area contributed by atoms with Crippen molar-refractivity contribution in [2.24, 2.45) is 0 Å². The standard InChI is InChI=1S/C13H11GeN2O.3H2O/c1-16(12-6-4-11(14)5-7-12)13(17)10-3-2-8-15-9-10;;;/h2-9H,1H3;3*1H2/q+3;;;/p-3. The van der Waals surface area contributed by atoms with Gasteiger partial charge < -0.3 is 16.4 Å². The third-order valence-corrected chi connectivity index (χ3v) is 3.17. The number of carbonyl (C=O) groups excluding carboxylic acids is 1. The van der Waals surface area contributed by atoms with Crippen LogP contribution in [0.1, 0.15) is 10.4 Å². The van der Waals surface area contributed by atoms with Gasteiger partial charge in [0.05, 0.1) is 0 Å². The first-order valence-corrected chi connectivity index (χ1v) is 6.23. The number of benzene rings is 1. The first kappa shape index (κ1) is 20.6. The van der Waals surface area contributed by atoms with Gasteiger partial charge in [-0.3, -0.25) is 0 Å². The van der Waals surface area contributed by atoms with Crippen LogP contribution in [0, 0.1) is 0 Å². The first-order chi connectivity index (χ1) is 8.18. The molecular weight excluding hydrogens is 321 g/mol. The maximum atomic E-state index is 12.1. The topological polar surface area (TPSA) is 123 Å². The van der Waals surface area contributed by atoms with Crippen molar-refractivity contribution in [3.8, 4) is 0 Å². The van der Waals surface area contributed by atoms with Crippen LogP contribution in [-0.2, 0) is 0 Å². The average molecular weight is 335 g/mol. The molecule has 0 aliphatic heterocycles. The Morgan fingerprint density at radius 1 is 1.10 bits per heavy atom. The summed E-state index contributed by atoms with van der Waals surface area (Å²) in [5.41, 5.74) is 1.47. The monoisotopic (exact) mass is 336 g/mol. The van der Waals surface area contributed by atoms with Gasteiger partial charge in [0, 0.05) is 0 Å². The summed E-state index contributed by atoms with van der Waals surface area (Å²) in [6.07, 6.45) is 3.23. The van der Waals surface area contributed by atoms with Gasteiger partial charge in [-0.1, -0.05) is 0 Å². The van der Waals surface area contributed by atoms with Crippen LogP contribution >= 0.6 is 0 Å². The summed E-state index contributed by atoms with van der Waals surface area (Å²) < 4.78 is 1.18. The SMILES string of the molecule is CN(C(=O)c1cccnc1)c1cc[c]([Ge+3])cc1.[OH-].[OH-].[OH-]. The summed E-state index contributed by atoms with van der Waals surface area (Å²) >= 11 is 2.02. The molecule has 1 aromatic heterocycles. The summed E-state index contributed by atoms with van der Waals surface area (Å²) in [6, 6.07) is 11.4. The second kappa shape index (κ2) is 9.21. The van der Waals surface area contributed by atoms with Gasteiger partial charge in [0.15, 0.2) is 0 Å². The number of rotatable bonds is 2. The van der Waals surface area contributed by atoms with Crippen LogP contribution in [0.3, 0.4) is 0 Å². The maximum Gasteiger partial charge on any atom is -0.870 e. The Labute approximate surface area is 125 Å². The van der Waals surface area contributed by atoms with Crippen LogP contribution in [0.15, 0.2) is 48.8 Å². The van der Waals surface area contributed by atoms with Crippen molar-refractivity contribution in [1.82, 2.24) is 4.98 Å². The van der Waals surface area contributed by atoms with Crippen molar-refractivity contribution in [3.05, 3.63) is 54.4 Å². The fraction of sp³-hybridized carbons (Fsp3) is 0.0769. The zero-order valence-corrected chi connectivity index (χ0v) is 12.9. The van der Waals surface area contributed by atoms with Gasteiger partial charge >= 0.3 is 109 Å². The van der Waals surface area contributed by atoms with E-state index in [9.17, 15) is 4.79 Å². The average Bonchev–Trinajstić information content (AvgIpc) is 2.39. The molecule has 0 unspecified atom stereocenters. The van der Waals surface area contributed by atoms with Crippen LogP contribution in [-0.4, -0.2) is 50.9 Å². The predicted molar refractivity (Wildman–Crippen MR) is 74.6 cm³/mol. The van der Waals surface area contributed by atoms with Crippen molar-refractivity contribution in [3.63, 3.8) is 0 Å². The molecule has 0 saturated carbocycles. The minimum absolute atomic E-state index is 0. The molecule has 0 atom stereocenters. The third kappa shape index (κ3) is 4.74. The molecule has 1 aromatic carbocycles. The number of anilines is 1. The van der Waals surface area contributed by atoms with Gasteiger partial charge in [0.1, 0.15) is 0 Å². The Bertz CT molecular complexity index is 520. The molecular formula is C13H14GeN2O4. The normalized spacial score (nSPS) is 8.55. The Morgan fingerprint density at radius 3 is 2.20 bits per heavy atom. The molecule has 3 N–H and O–H groups in total. The molecule has 7 heteroatoms. The van der Waals surface area contributed by atoms with E-state index in [0.717, 1.165) is 5.69 Å². The number of nitrogens with zero attached hydrogens (tertiary/aromatic N) is 2. The Morgan fingerprint density at radius 2 is 1.70 bits per heavy atom. The molecule has 1 heterocycles. The molecule has 20 heavy (non-hydrogen) atoms. The molecule has 6 nitrogen and oxygen atoms in total. The number of amides is 1. The van der Waals surface area contributed by atoms with Gasteiger partial charge in [-0.15, -0.1) is 0 Å². The molecule has 2 aromatic rings. The van der Waals surface area contributed by atoms with Gasteiger partial charge in [-0.2, -0.15) is 0 Å². The van der Waals surface area contributed by atoms with E-state index in [1.54, 1.807) is 36.5 Å². The minimum atomic E-state index is -0.0537. The predicted octanol–water partition coefficient (Wildman–Crippen LogP) is 0.622. The quantitative estimate of drug-likeness (QED) is 0.745. The second-order valence-electron chi connectivity index (χ2n) is 3.65. The largest absolute Gasteiger partial charge is 0.870 e. The third-order valence-electron chi connectivity index (χ3n) is 2.47. The van der Waals surface area contributed by atoms with E-state index in [-0.39, 0.29) is 22.3 Å². The van der Waals surface area contributed by atoms with Crippen LogP contribution in [0.2, 0.25) is 0 Å². The summed E-state index contributed by atoms with van der Waals surface area (Å²) in [5.74, 6) is -0.0537. The summed E-state index contributed by atoms with van der Waals surface area (Å²) in [5, 5.41) is 0. The minimum Gasteiger partial charge on any atom is -0.870 e. The second-order valence-corrected chi connectivity index (χ2v) is 4.86. The Kier molecular flexibility index (Phi) is 9.48. The maximum absolute atomic E-state index is 12.1. The van der Waals surface area contributed by atoms with Crippen LogP contribution in [0.4, 0.5) is 5.69 Å². The van der Waals surface area contributed by atoms with Gasteiger partial charge in [0.2, 0.25) is 0 Å². The Balaban J connectivity index is 0. The van der Waals surface area contributed by atoms with Crippen molar-refractivity contribution in [1.29, 1.82) is 0 Å². The van der Waals surface area contributed by atoms with E-state index in [1.807, 2.05) is 40.8 Å². The zero-order valence-electron chi connectivity index (χ0n) is 10.8. The van der Waals surface area contributed by atoms with Crippen LogP contribution in [0.5, 0.6) is 0 Å². The molecule has 104 valence electrons. The van der Waals surface area contributed by atoms with Crippen LogP contribution in [0.25, 0.3) is 0 Å². The number of aromatic nitrogens is 1.